The minimum atomic E-state index is -0.434. The van der Waals surface area contributed by atoms with E-state index in [0.29, 0.717) is 18.5 Å². The third-order valence-corrected chi connectivity index (χ3v) is 3.34. The molecule has 2 aromatic carbocycles. The van der Waals surface area contributed by atoms with E-state index in [0.717, 1.165) is 11.1 Å². The van der Waals surface area contributed by atoms with Crippen LogP contribution in [-0.4, -0.2) is 18.5 Å². The highest BCUT2D eigenvalue weighted by atomic mass is 16.5. The van der Waals surface area contributed by atoms with Crippen molar-refractivity contribution in [3.05, 3.63) is 77.4 Å². The van der Waals surface area contributed by atoms with Crippen molar-refractivity contribution in [1.29, 1.82) is 5.41 Å². The smallest absolute Gasteiger partial charge is 0.407 e. The van der Waals surface area contributed by atoms with Crippen molar-refractivity contribution in [3.8, 4) is 0 Å². The minimum absolute atomic E-state index is 0.0397. The summed E-state index contributed by atoms with van der Waals surface area (Å²) in [4.78, 5) is 11.6. The van der Waals surface area contributed by atoms with Crippen molar-refractivity contribution in [1.82, 2.24) is 5.32 Å². The van der Waals surface area contributed by atoms with Crippen LogP contribution in [0.2, 0.25) is 0 Å². The lowest BCUT2D eigenvalue weighted by Crippen LogP contribution is -2.24. The topological polar surface area (TPSA) is 88.2 Å². The van der Waals surface area contributed by atoms with E-state index < -0.39 is 6.09 Å². The van der Waals surface area contributed by atoms with Gasteiger partial charge in [-0.1, -0.05) is 66.7 Å². The Morgan fingerprint density at radius 3 is 2.58 bits per heavy atom. The second-order valence-electron chi connectivity index (χ2n) is 5.18. The zero-order valence-electron chi connectivity index (χ0n) is 13.4. The van der Waals surface area contributed by atoms with Gasteiger partial charge in [0, 0.05) is 12.1 Å². The number of amidine groups is 1. The van der Waals surface area contributed by atoms with Gasteiger partial charge in [0.25, 0.3) is 0 Å². The van der Waals surface area contributed by atoms with Gasteiger partial charge in [-0.15, -0.1) is 0 Å². The average Bonchev–Trinajstić information content (AvgIpc) is 2.61. The number of benzene rings is 2. The van der Waals surface area contributed by atoms with Gasteiger partial charge in [-0.3, -0.25) is 5.41 Å². The van der Waals surface area contributed by atoms with Crippen LogP contribution in [0.15, 0.2) is 60.7 Å². The fourth-order valence-corrected chi connectivity index (χ4v) is 2.13. The molecule has 0 atom stereocenters. The molecule has 1 amide bonds. The number of nitrogens with one attached hydrogen (secondary N) is 2. The Morgan fingerprint density at radius 1 is 1.12 bits per heavy atom. The summed E-state index contributed by atoms with van der Waals surface area (Å²) in [7, 11) is 0. The quantitative estimate of drug-likeness (QED) is 0.415. The van der Waals surface area contributed by atoms with E-state index in [2.05, 4.69) is 5.32 Å². The molecule has 0 saturated carbocycles. The molecule has 0 radical (unpaired) electrons. The Kier molecular flexibility index (Phi) is 6.58. The predicted octanol–water partition coefficient (Wildman–Crippen LogP) is 3.30. The Labute approximate surface area is 141 Å². The van der Waals surface area contributed by atoms with E-state index in [-0.39, 0.29) is 12.4 Å². The first kappa shape index (κ1) is 17.3. The second-order valence-corrected chi connectivity index (χ2v) is 5.18. The molecule has 24 heavy (non-hydrogen) atoms. The van der Waals surface area contributed by atoms with Crippen LogP contribution in [-0.2, 0) is 11.3 Å². The number of nitrogens with two attached hydrogens (primary N) is 1. The molecule has 124 valence electrons. The first-order chi connectivity index (χ1) is 11.7. The first-order valence-corrected chi connectivity index (χ1v) is 7.71. The van der Waals surface area contributed by atoms with Gasteiger partial charge in [-0.05, 0) is 17.5 Å². The van der Waals surface area contributed by atoms with Gasteiger partial charge in [0.2, 0.25) is 0 Å². The summed E-state index contributed by atoms with van der Waals surface area (Å²) in [5.74, 6) is 0.0397. The van der Waals surface area contributed by atoms with Crippen LogP contribution in [0.4, 0.5) is 4.79 Å². The van der Waals surface area contributed by atoms with Gasteiger partial charge in [0.15, 0.2) is 0 Å². The van der Waals surface area contributed by atoms with Crippen LogP contribution in [0, 0.1) is 5.41 Å². The number of amides is 1. The second kappa shape index (κ2) is 9.15. The van der Waals surface area contributed by atoms with Crippen LogP contribution >= 0.6 is 0 Å². The summed E-state index contributed by atoms with van der Waals surface area (Å²) >= 11 is 0. The molecule has 0 aliphatic carbocycles. The zero-order valence-corrected chi connectivity index (χ0v) is 13.4. The number of nitrogen functional groups attached to an aromatic ring is 1. The van der Waals surface area contributed by atoms with Crippen molar-refractivity contribution in [3.63, 3.8) is 0 Å². The van der Waals surface area contributed by atoms with E-state index >= 15 is 0 Å². The Balaban J connectivity index is 1.71. The number of carbonyl (C=O) groups is 1. The molecule has 2 rings (SSSR count). The summed E-state index contributed by atoms with van der Waals surface area (Å²) in [6, 6.07) is 17.0. The van der Waals surface area contributed by atoms with Crippen molar-refractivity contribution in [2.75, 3.05) is 6.54 Å². The van der Waals surface area contributed by atoms with Crippen molar-refractivity contribution >= 4 is 18.0 Å². The summed E-state index contributed by atoms with van der Waals surface area (Å²) in [6.45, 7) is 0.737. The molecule has 0 aliphatic rings. The highest BCUT2D eigenvalue weighted by Crippen LogP contribution is 2.10. The van der Waals surface area contributed by atoms with E-state index in [9.17, 15) is 4.79 Å². The van der Waals surface area contributed by atoms with E-state index in [4.69, 9.17) is 15.9 Å². The van der Waals surface area contributed by atoms with Crippen molar-refractivity contribution in [2.24, 2.45) is 5.73 Å². The van der Waals surface area contributed by atoms with E-state index in [1.807, 2.05) is 60.7 Å². The highest BCUT2D eigenvalue weighted by Gasteiger charge is 2.02. The molecule has 0 unspecified atom stereocenters. The van der Waals surface area contributed by atoms with Crippen LogP contribution in [0.1, 0.15) is 23.1 Å². The molecular weight excluding hydrogens is 302 g/mol. The molecular formula is C19H21N3O2. The molecule has 4 N–H and O–H groups in total. The molecule has 0 aliphatic heterocycles. The predicted molar refractivity (Wildman–Crippen MR) is 95.7 cm³/mol. The normalized spacial score (nSPS) is 10.5. The molecule has 0 spiro atoms. The van der Waals surface area contributed by atoms with Gasteiger partial charge in [0.05, 0.1) is 0 Å². The monoisotopic (exact) mass is 323 g/mol. The SMILES string of the molecule is N=C(N)c1ccccc1C=CCCNC(=O)OCc1ccccc1. The van der Waals surface area contributed by atoms with Crippen LogP contribution in [0.3, 0.4) is 0 Å². The Bertz CT molecular complexity index is 712. The van der Waals surface area contributed by atoms with E-state index in [1.54, 1.807) is 6.07 Å². The van der Waals surface area contributed by atoms with Gasteiger partial charge >= 0.3 is 6.09 Å². The molecule has 0 heterocycles. The Hall–Kier alpha value is -3.08. The largest absolute Gasteiger partial charge is 0.445 e. The summed E-state index contributed by atoms with van der Waals surface area (Å²) in [6.07, 6.45) is 4.05. The zero-order chi connectivity index (χ0) is 17.2. The van der Waals surface area contributed by atoms with Crippen molar-refractivity contribution < 1.29 is 9.53 Å². The average molecular weight is 323 g/mol. The number of rotatable bonds is 7. The number of alkyl carbamates (subject to hydrolysis) is 1. The van der Waals surface area contributed by atoms with Gasteiger partial charge in [-0.2, -0.15) is 0 Å². The highest BCUT2D eigenvalue weighted by molar-refractivity contribution is 5.98. The van der Waals surface area contributed by atoms with Gasteiger partial charge in [0.1, 0.15) is 12.4 Å². The number of hydrogen-bond acceptors (Lipinski definition) is 3. The van der Waals surface area contributed by atoms with Gasteiger partial charge < -0.3 is 15.8 Å². The molecule has 0 bridgehead atoms. The first-order valence-electron chi connectivity index (χ1n) is 7.71. The number of carbonyl (C=O) groups excluding carboxylic acids is 1. The number of hydrogen-bond donors (Lipinski definition) is 3. The third-order valence-electron chi connectivity index (χ3n) is 3.34. The maximum Gasteiger partial charge on any atom is 0.407 e. The van der Waals surface area contributed by atoms with Crippen molar-refractivity contribution in [2.45, 2.75) is 13.0 Å². The standard InChI is InChI=1S/C19H21N3O2/c20-18(21)17-12-5-4-10-16(17)11-6-7-13-22-19(23)24-14-15-8-2-1-3-9-15/h1-6,8-12H,7,13-14H2,(H3,20,21)(H,22,23). The Morgan fingerprint density at radius 2 is 1.83 bits per heavy atom. The lowest BCUT2D eigenvalue weighted by atomic mass is 10.1. The molecule has 0 fully saturated rings. The molecule has 0 aromatic heterocycles. The fourth-order valence-electron chi connectivity index (χ4n) is 2.13. The maximum atomic E-state index is 11.6. The lowest BCUT2D eigenvalue weighted by Gasteiger charge is -2.06. The van der Waals surface area contributed by atoms with Gasteiger partial charge in [-0.25, -0.2) is 4.79 Å². The summed E-state index contributed by atoms with van der Waals surface area (Å²) in [5.41, 5.74) is 8.08. The maximum absolute atomic E-state index is 11.6. The molecule has 0 saturated heterocycles. The molecule has 5 nitrogen and oxygen atoms in total. The summed E-state index contributed by atoms with van der Waals surface area (Å²) in [5, 5.41) is 10.2. The molecule has 2 aromatic rings. The van der Waals surface area contributed by atoms with Crippen LogP contribution in [0.5, 0.6) is 0 Å². The summed E-state index contributed by atoms with van der Waals surface area (Å²) < 4.78 is 5.12. The minimum Gasteiger partial charge on any atom is -0.445 e. The number of ether oxygens (including phenoxy) is 1. The van der Waals surface area contributed by atoms with Crippen LogP contribution in [0.25, 0.3) is 6.08 Å². The lowest BCUT2D eigenvalue weighted by molar-refractivity contribution is 0.140. The fraction of sp³-hybridized carbons (Fsp3) is 0.158. The molecule has 5 heteroatoms. The third kappa shape index (κ3) is 5.61. The van der Waals surface area contributed by atoms with Crippen LogP contribution < -0.4 is 11.1 Å². The van der Waals surface area contributed by atoms with E-state index in [1.165, 1.54) is 0 Å².